The van der Waals surface area contributed by atoms with Gasteiger partial charge in [0.1, 0.15) is 0 Å². The minimum atomic E-state index is -0.641. The number of hydrogen-bond donors (Lipinski definition) is 0. The van der Waals surface area contributed by atoms with E-state index in [1.54, 1.807) is 40.4 Å². The number of Topliss-reactive ketones (excluding diaryl/α,β-unsaturated/α-hetero) is 1. The number of carbonyl (C=O) groups excluding carboxylic acids is 2. The number of ketones is 1. The molecule has 3 aromatic rings. The number of non-ortho nitro benzene ring substituents is 1. The second-order valence-electron chi connectivity index (χ2n) is 5.44. The summed E-state index contributed by atoms with van der Waals surface area (Å²) in [4.78, 5) is 39.3. The standard InChI is InChI=1S/C18H12ClN3O4S/c19-15-10-13(22(25)26)6-7-14(15)17(24)20-18-21(8-9-27-18)11-16(23)12-4-2-1-3-5-12/h1-10H,11H2. The van der Waals surface area contributed by atoms with Crippen molar-refractivity contribution in [2.24, 2.45) is 4.99 Å². The van der Waals surface area contributed by atoms with Crippen LogP contribution in [0.2, 0.25) is 5.02 Å². The van der Waals surface area contributed by atoms with Crippen molar-refractivity contribution in [3.05, 3.63) is 91.2 Å². The maximum Gasteiger partial charge on any atom is 0.281 e. The van der Waals surface area contributed by atoms with E-state index in [4.69, 9.17) is 11.6 Å². The Hall–Kier alpha value is -3.10. The van der Waals surface area contributed by atoms with Crippen molar-refractivity contribution in [2.45, 2.75) is 6.54 Å². The van der Waals surface area contributed by atoms with Crippen LogP contribution in [-0.4, -0.2) is 21.2 Å². The predicted octanol–water partition coefficient (Wildman–Crippen LogP) is 3.74. The summed E-state index contributed by atoms with van der Waals surface area (Å²) in [5.41, 5.74) is 0.402. The zero-order chi connectivity index (χ0) is 19.4. The molecule has 136 valence electrons. The Morgan fingerprint density at radius 1 is 1.19 bits per heavy atom. The summed E-state index contributed by atoms with van der Waals surface area (Å²) in [7, 11) is 0. The van der Waals surface area contributed by atoms with E-state index in [0.29, 0.717) is 10.4 Å². The van der Waals surface area contributed by atoms with Crippen LogP contribution in [0.4, 0.5) is 5.69 Å². The van der Waals surface area contributed by atoms with Crippen molar-refractivity contribution in [3.63, 3.8) is 0 Å². The number of carbonyl (C=O) groups is 2. The van der Waals surface area contributed by atoms with E-state index in [1.807, 2.05) is 6.07 Å². The molecule has 0 aliphatic heterocycles. The highest BCUT2D eigenvalue weighted by Gasteiger charge is 2.15. The van der Waals surface area contributed by atoms with Gasteiger partial charge in [-0.25, -0.2) is 0 Å². The average molecular weight is 402 g/mol. The van der Waals surface area contributed by atoms with Gasteiger partial charge in [-0.2, -0.15) is 4.99 Å². The summed E-state index contributed by atoms with van der Waals surface area (Å²) in [6.07, 6.45) is 1.66. The van der Waals surface area contributed by atoms with E-state index in [-0.39, 0.29) is 28.6 Å². The molecule has 3 rings (SSSR count). The lowest BCUT2D eigenvalue weighted by Crippen LogP contribution is -2.21. The molecule has 0 atom stereocenters. The third-order valence-electron chi connectivity index (χ3n) is 3.66. The smallest absolute Gasteiger partial charge is 0.281 e. The molecule has 27 heavy (non-hydrogen) atoms. The first kappa shape index (κ1) is 18.7. The number of thiazole rings is 1. The molecule has 0 saturated heterocycles. The van der Waals surface area contributed by atoms with Crippen LogP contribution in [-0.2, 0) is 6.54 Å². The summed E-state index contributed by atoms with van der Waals surface area (Å²) >= 11 is 7.17. The summed E-state index contributed by atoms with van der Waals surface area (Å²) < 4.78 is 1.57. The molecule has 0 saturated carbocycles. The van der Waals surface area contributed by atoms with Crippen LogP contribution in [0.15, 0.2) is 65.1 Å². The molecule has 1 amide bonds. The van der Waals surface area contributed by atoms with Gasteiger partial charge < -0.3 is 4.57 Å². The normalized spacial score (nSPS) is 11.4. The fourth-order valence-corrected chi connectivity index (χ4v) is 3.30. The monoisotopic (exact) mass is 401 g/mol. The number of halogens is 1. The number of rotatable bonds is 5. The van der Waals surface area contributed by atoms with Crippen LogP contribution >= 0.6 is 22.9 Å². The molecule has 0 fully saturated rings. The molecule has 0 aliphatic rings. The van der Waals surface area contributed by atoms with Gasteiger partial charge in [-0.1, -0.05) is 41.9 Å². The number of nitro benzene ring substituents is 1. The minimum Gasteiger partial charge on any atom is -0.316 e. The highest BCUT2D eigenvalue weighted by Crippen LogP contribution is 2.23. The first-order chi connectivity index (χ1) is 13.0. The Balaban J connectivity index is 1.86. The number of hydrogen-bond acceptors (Lipinski definition) is 5. The molecule has 1 aromatic heterocycles. The molecule has 7 nitrogen and oxygen atoms in total. The first-order valence-electron chi connectivity index (χ1n) is 7.71. The van der Waals surface area contributed by atoms with E-state index < -0.39 is 10.8 Å². The fraction of sp³-hybridized carbons (Fsp3) is 0.0556. The Morgan fingerprint density at radius 3 is 2.59 bits per heavy atom. The first-order valence-corrected chi connectivity index (χ1v) is 8.96. The molecular formula is C18H12ClN3O4S. The number of nitro groups is 1. The van der Waals surface area contributed by atoms with E-state index >= 15 is 0 Å². The minimum absolute atomic E-state index is 0.0353. The maximum absolute atomic E-state index is 12.4. The van der Waals surface area contributed by atoms with Gasteiger partial charge >= 0.3 is 0 Å². The Labute approximate surface area is 162 Å². The molecule has 0 N–H and O–H groups in total. The second kappa shape index (κ2) is 8.07. The van der Waals surface area contributed by atoms with Crippen LogP contribution in [0.5, 0.6) is 0 Å². The fourth-order valence-electron chi connectivity index (χ4n) is 2.32. The van der Waals surface area contributed by atoms with Gasteiger partial charge in [0.05, 0.1) is 22.1 Å². The quantitative estimate of drug-likeness (QED) is 0.369. The maximum atomic E-state index is 12.4. The van der Waals surface area contributed by atoms with Crippen LogP contribution in [0.25, 0.3) is 0 Å². The lowest BCUT2D eigenvalue weighted by Gasteiger charge is -2.03. The average Bonchev–Trinajstić information content (AvgIpc) is 3.08. The molecule has 1 heterocycles. The van der Waals surface area contributed by atoms with Crippen molar-refractivity contribution in [1.29, 1.82) is 0 Å². The third-order valence-corrected chi connectivity index (χ3v) is 4.77. The molecule has 2 aromatic carbocycles. The molecule has 9 heteroatoms. The van der Waals surface area contributed by atoms with Crippen molar-refractivity contribution in [3.8, 4) is 0 Å². The summed E-state index contributed by atoms with van der Waals surface area (Å²) in [6, 6.07) is 12.4. The van der Waals surface area contributed by atoms with Gasteiger partial charge in [0.2, 0.25) is 0 Å². The number of benzene rings is 2. The largest absolute Gasteiger partial charge is 0.316 e. The Morgan fingerprint density at radius 2 is 1.93 bits per heavy atom. The summed E-state index contributed by atoms with van der Waals surface area (Å²) in [5, 5.41) is 12.4. The number of amides is 1. The van der Waals surface area contributed by atoms with Gasteiger partial charge in [-0.3, -0.25) is 19.7 Å². The van der Waals surface area contributed by atoms with E-state index in [0.717, 1.165) is 6.07 Å². The van der Waals surface area contributed by atoms with Crippen LogP contribution < -0.4 is 4.80 Å². The van der Waals surface area contributed by atoms with Crippen molar-refractivity contribution in [2.75, 3.05) is 0 Å². The predicted molar refractivity (Wildman–Crippen MR) is 101 cm³/mol. The van der Waals surface area contributed by atoms with E-state index in [1.165, 1.54) is 23.5 Å². The van der Waals surface area contributed by atoms with Crippen LogP contribution in [0.1, 0.15) is 20.7 Å². The second-order valence-corrected chi connectivity index (χ2v) is 6.72. The Kier molecular flexibility index (Phi) is 5.58. The molecular weight excluding hydrogens is 390 g/mol. The molecule has 0 bridgehead atoms. The van der Waals surface area contributed by atoms with Crippen molar-refractivity contribution >= 4 is 40.3 Å². The van der Waals surface area contributed by atoms with Crippen molar-refractivity contribution in [1.82, 2.24) is 4.57 Å². The van der Waals surface area contributed by atoms with Crippen LogP contribution in [0.3, 0.4) is 0 Å². The van der Waals surface area contributed by atoms with Gasteiger partial charge in [0.25, 0.3) is 11.6 Å². The topological polar surface area (TPSA) is 94.6 Å². The van der Waals surface area contributed by atoms with E-state index in [9.17, 15) is 19.7 Å². The summed E-state index contributed by atoms with van der Waals surface area (Å²) in [5.74, 6) is -0.755. The van der Waals surface area contributed by atoms with Gasteiger partial charge in [-0.15, -0.1) is 11.3 Å². The van der Waals surface area contributed by atoms with Gasteiger partial charge in [0.15, 0.2) is 10.6 Å². The summed E-state index contributed by atoms with van der Waals surface area (Å²) in [6.45, 7) is 0.0353. The number of nitrogens with zero attached hydrogens (tertiary/aromatic N) is 3. The highest BCUT2D eigenvalue weighted by molar-refractivity contribution is 7.07. The molecule has 0 unspecified atom stereocenters. The van der Waals surface area contributed by atoms with Gasteiger partial charge in [0, 0.05) is 29.3 Å². The highest BCUT2D eigenvalue weighted by atomic mass is 35.5. The molecule has 0 spiro atoms. The molecule has 0 radical (unpaired) electrons. The zero-order valence-corrected chi connectivity index (χ0v) is 15.3. The SMILES string of the molecule is O=C(Cn1ccsc1=NC(=O)c1ccc([N+](=O)[O-])cc1Cl)c1ccccc1. The number of aromatic nitrogens is 1. The molecule has 0 aliphatic carbocycles. The lowest BCUT2D eigenvalue weighted by atomic mass is 10.1. The zero-order valence-electron chi connectivity index (χ0n) is 13.7. The van der Waals surface area contributed by atoms with E-state index in [2.05, 4.69) is 4.99 Å². The van der Waals surface area contributed by atoms with Crippen LogP contribution in [0, 0.1) is 10.1 Å². The lowest BCUT2D eigenvalue weighted by molar-refractivity contribution is -0.384. The Bertz CT molecular complexity index is 1090. The van der Waals surface area contributed by atoms with Crippen molar-refractivity contribution < 1.29 is 14.5 Å². The van der Waals surface area contributed by atoms with Gasteiger partial charge in [-0.05, 0) is 6.07 Å². The third kappa shape index (κ3) is 4.36.